The van der Waals surface area contributed by atoms with E-state index in [1.807, 2.05) is 24.3 Å². The summed E-state index contributed by atoms with van der Waals surface area (Å²) in [5, 5.41) is 11.0. The van der Waals surface area contributed by atoms with Gasteiger partial charge in [0.05, 0.1) is 4.92 Å². The molecule has 2 aromatic rings. The number of Topliss-reactive ketones (excluding diaryl/α,β-unsaturated/α-hetero) is 1. The van der Waals surface area contributed by atoms with Crippen molar-refractivity contribution in [2.24, 2.45) is 0 Å². The van der Waals surface area contributed by atoms with Crippen LogP contribution in [0.5, 0.6) is 0 Å². The van der Waals surface area contributed by atoms with Crippen LogP contribution in [0.4, 0.5) is 5.69 Å². The van der Waals surface area contributed by atoms with Gasteiger partial charge in [0.2, 0.25) is 0 Å². The number of hydrogen-bond acceptors (Lipinski definition) is 3. The highest BCUT2D eigenvalue weighted by Crippen LogP contribution is 2.37. The van der Waals surface area contributed by atoms with Gasteiger partial charge in [-0.15, -0.1) is 0 Å². The number of hydrogen-bond donors (Lipinski definition) is 0. The van der Waals surface area contributed by atoms with E-state index < -0.39 is 4.92 Å². The molecule has 0 bridgehead atoms. The van der Waals surface area contributed by atoms with E-state index >= 15 is 0 Å². The van der Waals surface area contributed by atoms with Gasteiger partial charge in [-0.05, 0) is 42.5 Å². The fourth-order valence-electron chi connectivity index (χ4n) is 3.09. The van der Waals surface area contributed by atoms with Gasteiger partial charge in [0.15, 0.2) is 5.78 Å². The molecular weight excluding hydrogens is 302 g/mol. The Morgan fingerprint density at radius 3 is 2.73 bits per heavy atom. The molecule has 0 aliphatic heterocycles. The van der Waals surface area contributed by atoms with Crippen LogP contribution in [-0.2, 0) is 6.42 Å². The van der Waals surface area contributed by atoms with Crippen LogP contribution in [0.25, 0.3) is 0 Å². The van der Waals surface area contributed by atoms with E-state index in [2.05, 4.69) is 0 Å². The molecule has 1 aliphatic rings. The zero-order chi connectivity index (χ0) is 15.9. The van der Waals surface area contributed by atoms with Crippen molar-refractivity contribution in [1.29, 1.82) is 0 Å². The minimum absolute atomic E-state index is 0.0647. The average Bonchev–Trinajstić information content (AvgIpc) is 2.50. The van der Waals surface area contributed by atoms with Crippen LogP contribution in [0, 0.1) is 17.0 Å². The number of nitro groups is 1. The average molecular weight is 316 g/mol. The first kappa shape index (κ1) is 14.7. The summed E-state index contributed by atoms with van der Waals surface area (Å²) >= 11 is 6.01. The molecule has 0 saturated heterocycles. The Hall–Kier alpha value is -2.20. The van der Waals surface area contributed by atoms with Crippen LogP contribution in [0.3, 0.4) is 0 Å². The molecule has 0 N–H and O–H groups in total. The van der Waals surface area contributed by atoms with Crippen LogP contribution < -0.4 is 0 Å². The summed E-state index contributed by atoms with van der Waals surface area (Å²) in [5.41, 5.74) is 3.21. The van der Waals surface area contributed by atoms with Gasteiger partial charge in [-0.25, -0.2) is 0 Å². The topological polar surface area (TPSA) is 60.2 Å². The van der Waals surface area contributed by atoms with E-state index in [-0.39, 0.29) is 22.4 Å². The lowest BCUT2D eigenvalue weighted by Gasteiger charge is -2.25. The first-order chi connectivity index (χ1) is 10.5. The second-order valence-corrected chi connectivity index (χ2v) is 5.94. The highest BCUT2D eigenvalue weighted by molar-refractivity contribution is 6.32. The quantitative estimate of drug-likeness (QED) is 0.607. The highest BCUT2D eigenvalue weighted by atomic mass is 35.5. The van der Waals surface area contributed by atoms with Gasteiger partial charge in [-0.2, -0.15) is 0 Å². The Balaban J connectivity index is 2.04. The molecule has 5 heteroatoms. The summed E-state index contributed by atoms with van der Waals surface area (Å²) in [5.74, 6) is -0.219. The third kappa shape index (κ3) is 2.40. The summed E-state index contributed by atoms with van der Waals surface area (Å²) < 4.78 is 0. The number of halogens is 1. The minimum Gasteiger partial charge on any atom is -0.293 e. The van der Waals surface area contributed by atoms with Gasteiger partial charge < -0.3 is 0 Å². The maximum absolute atomic E-state index is 12.7. The summed E-state index contributed by atoms with van der Waals surface area (Å²) in [4.78, 5) is 23.2. The van der Waals surface area contributed by atoms with Crippen LogP contribution in [0.2, 0.25) is 5.02 Å². The molecule has 0 radical (unpaired) electrons. The first-order valence-electron chi connectivity index (χ1n) is 7.05. The smallest absolute Gasteiger partial charge is 0.288 e. The SMILES string of the molecule is Cc1cc([N+](=O)[O-])c(Cl)cc1[C@H]1CCc2ccccc2C1=O. The fraction of sp³-hybridized carbons (Fsp3) is 0.235. The van der Waals surface area contributed by atoms with E-state index in [0.29, 0.717) is 6.42 Å². The van der Waals surface area contributed by atoms with Crippen molar-refractivity contribution < 1.29 is 9.72 Å². The van der Waals surface area contributed by atoms with Gasteiger partial charge in [0.1, 0.15) is 5.02 Å². The van der Waals surface area contributed by atoms with E-state index in [1.54, 1.807) is 13.0 Å². The van der Waals surface area contributed by atoms with E-state index in [4.69, 9.17) is 11.6 Å². The Bertz CT molecular complexity index is 785. The zero-order valence-corrected chi connectivity index (χ0v) is 12.8. The lowest BCUT2D eigenvalue weighted by Crippen LogP contribution is -2.21. The van der Waals surface area contributed by atoms with Crippen LogP contribution in [0.1, 0.15) is 39.4 Å². The van der Waals surface area contributed by atoms with Crippen LogP contribution in [0.15, 0.2) is 36.4 Å². The van der Waals surface area contributed by atoms with Gasteiger partial charge >= 0.3 is 0 Å². The summed E-state index contributed by atoms with van der Waals surface area (Å²) in [6.45, 7) is 1.78. The minimum atomic E-state index is -0.503. The lowest BCUT2D eigenvalue weighted by molar-refractivity contribution is -0.384. The summed E-state index contributed by atoms with van der Waals surface area (Å²) in [6.07, 6.45) is 1.52. The van der Waals surface area contributed by atoms with Crippen LogP contribution >= 0.6 is 11.6 Å². The van der Waals surface area contributed by atoms with Gasteiger partial charge in [-0.1, -0.05) is 35.9 Å². The highest BCUT2D eigenvalue weighted by Gasteiger charge is 2.30. The molecule has 0 fully saturated rings. The molecule has 0 heterocycles. The Morgan fingerprint density at radius 1 is 1.27 bits per heavy atom. The number of rotatable bonds is 2. The van der Waals surface area contributed by atoms with Crippen molar-refractivity contribution in [3.8, 4) is 0 Å². The monoisotopic (exact) mass is 315 g/mol. The van der Waals surface area contributed by atoms with Crippen molar-refractivity contribution in [1.82, 2.24) is 0 Å². The molecule has 0 aromatic heterocycles. The normalized spacial score (nSPS) is 17.2. The molecule has 0 amide bonds. The number of carbonyl (C=O) groups is 1. The number of ketones is 1. The van der Waals surface area contributed by atoms with Gasteiger partial charge in [0.25, 0.3) is 5.69 Å². The third-order valence-electron chi connectivity index (χ3n) is 4.21. The van der Waals surface area contributed by atoms with E-state index in [9.17, 15) is 14.9 Å². The Labute approximate surface area is 132 Å². The molecule has 0 saturated carbocycles. The maximum atomic E-state index is 12.7. The molecular formula is C17H14ClNO3. The molecule has 2 aromatic carbocycles. The largest absolute Gasteiger partial charge is 0.293 e. The van der Waals surface area contributed by atoms with Crippen molar-refractivity contribution in [2.75, 3.05) is 0 Å². The van der Waals surface area contributed by atoms with Gasteiger partial charge in [-0.3, -0.25) is 14.9 Å². The molecule has 1 atom stereocenters. The third-order valence-corrected chi connectivity index (χ3v) is 4.51. The Morgan fingerprint density at radius 2 is 2.00 bits per heavy atom. The van der Waals surface area contributed by atoms with Crippen LogP contribution in [-0.4, -0.2) is 10.7 Å². The summed E-state index contributed by atoms with van der Waals surface area (Å²) in [7, 11) is 0. The molecule has 4 nitrogen and oxygen atoms in total. The van der Waals surface area contributed by atoms with Gasteiger partial charge in [0, 0.05) is 17.5 Å². The molecule has 1 aliphatic carbocycles. The predicted octanol–water partition coefficient (Wildman–Crippen LogP) is 4.47. The second kappa shape index (κ2) is 5.54. The zero-order valence-electron chi connectivity index (χ0n) is 12.0. The number of nitrogens with zero attached hydrogens (tertiary/aromatic N) is 1. The molecule has 0 spiro atoms. The number of carbonyl (C=O) groups excluding carboxylic acids is 1. The predicted molar refractivity (Wildman–Crippen MR) is 84.7 cm³/mol. The van der Waals surface area contributed by atoms with Crippen molar-refractivity contribution >= 4 is 23.1 Å². The molecule has 112 valence electrons. The number of benzene rings is 2. The lowest BCUT2D eigenvalue weighted by atomic mass is 9.78. The standard InChI is InChI=1S/C17H14ClNO3/c1-10-8-16(19(21)22)15(18)9-14(10)13-7-6-11-4-2-3-5-12(11)17(13)20/h2-5,8-9,13H,6-7H2,1H3/t13-/m1/s1. The van der Waals surface area contributed by atoms with Crippen molar-refractivity contribution in [2.45, 2.75) is 25.7 Å². The number of fused-ring (bicyclic) bond motifs is 1. The fourth-order valence-corrected chi connectivity index (χ4v) is 3.33. The van der Waals surface area contributed by atoms with E-state index in [0.717, 1.165) is 28.7 Å². The maximum Gasteiger partial charge on any atom is 0.288 e. The first-order valence-corrected chi connectivity index (χ1v) is 7.43. The second-order valence-electron chi connectivity index (χ2n) is 5.53. The van der Waals surface area contributed by atoms with Crippen molar-refractivity contribution in [3.63, 3.8) is 0 Å². The molecule has 22 heavy (non-hydrogen) atoms. The summed E-state index contributed by atoms with van der Waals surface area (Å²) in [6, 6.07) is 10.6. The van der Waals surface area contributed by atoms with E-state index in [1.165, 1.54) is 6.07 Å². The van der Waals surface area contributed by atoms with Crippen molar-refractivity contribution in [3.05, 3.63) is 73.8 Å². The number of nitro benzene ring substituents is 1. The molecule has 0 unspecified atom stereocenters. The Kier molecular flexibility index (Phi) is 3.71. The molecule has 3 rings (SSSR count). The number of aryl methyl sites for hydroxylation is 2.